The molecule has 0 fully saturated rings. The van der Waals surface area contributed by atoms with Crippen LogP contribution in [0.2, 0.25) is 0 Å². The Morgan fingerprint density at radius 1 is 0.857 bits per heavy atom. The minimum absolute atomic E-state index is 0.101. The molecule has 1 atom stereocenters. The Balaban J connectivity index is 1.59. The van der Waals surface area contributed by atoms with Crippen molar-refractivity contribution >= 4 is 27.9 Å². The molecule has 0 N–H and O–H groups in total. The molecule has 6 rings (SSSR count). The molecule has 1 unspecified atom stereocenters. The van der Waals surface area contributed by atoms with Crippen molar-refractivity contribution in [3.8, 4) is 22.6 Å². The van der Waals surface area contributed by atoms with Gasteiger partial charge in [0.25, 0.3) is 0 Å². The summed E-state index contributed by atoms with van der Waals surface area (Å²) in [6.07, 6.45) is 2.66. The first kappa shape index (κ1) is 20.9. The Bertz CT molecular complexity index is 1750. The number of carbonyl (C=O) groups is 1. The first-order valence-corrected chi connectivity index (χ1v) is 11.0. The average Bonchev–Trinajstić information content (AvgIpc) is 2.89. The van der Waals surface area contributed by atoms with E-state index in [-0.39, 0.29) is 34.2 Å². The molecule has 0 bridgehead atoms. The molecule has 35 heavy (non-hydrogen) atoms. The first-order chi connectivity index (χ1) is 17.0. The third-order valence-corrected chi connectivity index (χ3v) is 6.35. The normalized spacial score (nSPS) is 15.1. The average molecular weight is 466 g/mol. The number of hydrogen-bond donors (Lipinski definition) is 0. The lowest BCUT2D eigenvalue weighted by molar-refractivity contribution is -0.135. The molecule has 7 heteroatoms. The van der Waals surface area contributed by atoms with Gasteiger partial charge in [-0.3, -0.25) is 14.4 Å². The quantitative estimate of drug-likeness (QED) is 0.272. The molecule has 3 aromatic carbocycles. The van der Waals surface area contributed by atoms with E-state index in [0.29, 0.717) is 33.2 Å². The number of carbonyl (C=O) groups excluding carboxylic acids is 1. The Morgan fingerprint density at radius 3 is 2.49 bits per heavy atom. The van der Waals surface area contributed by atoms with Crippen LogP contribution in [0.5, 0.6) is 11.5 Å². The molecule has 0 radical (unpaired) electrons. The summed E-state index contributed by atoms with van der Waals surface area (Å²) >= 11 is 0. The van der Waals surface area contributed by atoms with Gasteiger partial charge in [0.05, 0.1) is 36.1 Å². The van der Waals surface area contributed by atoms with E-state index in [2.05, 4.69) is 0 Å². The predicted octanol–water partition coefficient (Wildman–Crippen LogP) is 5.02. The van der Waals surface area contributed by atoms with Crippen LogP contribution in [0.1, 0.15) is 23.5 Å². The highest BCUT2D eigenvalue weighted by Crippen LogP contribution is 2.42. The number of fused-ring (bicyclic) bond motifs is 4. The fourth-order valence-corrected chi connectivity index (χ4v) is 4.63. The van der Waals surface area contributed by atoms with Crippen molar-refractivity contribution in [2.45, 2.75) is 12.3 Å². The number of rotatable bonds is 3. The SMILES string of the molecule is COc1ccc2occ(C3CC(=O)Oc4ccc5c(=O)c(-c6ccccc6)coc5c43)c(=O)c2c1. The van der Waals surface area contributed by atoms with E-state index in [1.807, 2.05) is 30.3 Å². The van der Waals surface area contributed by atoms with E-state index in [1.165, 1.54) is 19.6 Å². The lowest BCUT2D eigenvalue weighted by Crippen LogP contribution is -2.25. The van der Waals surface area contributed by atoms with Gasteiger partial charge in [0, 0.05) is 17.0 Å². The van der Waals surface area contributed by atoms with Crippen LogP contribution in [0.25, 0.3) is 33.1 Å². The minimum atomic E-state index is -0.715. The van der Waals surface area contributed by atoms with Gasteiger partial charge in [-0.2, -0.15) is 0 Å². The molecule has 2 aromatic heterocycles. The zero-order valence-electron chi connectivity index (χ0n) is 18.6. The van der Waals surface area contributed by atoms with Crippen molar-refractivity contribution in [3.05, 3.63) is 105 Å². The van der Waals surface area contributed by atoms with Crippen LogP contribution in [0.4, 0.5) is 0 Å². The summed E-state index contributed by atoms with van der Waals surface area (Å²) < 4.78 is 22.4. The lowest BCUT2D eigenvalue weighted by Gasteiger charge is -2.25. The van der Waals surface area contributed by atoms with E-state index in [1.54, 1.807) is 30.3 Å². The van der Waals surface area contributed by atoms with Gasteiger partial charge in [-0.15, -0.1) is 0 Å². The molecule has 0 spiro atoms. The van der Waals surface area contributed by atoms with E-state index in [0.717, 1.165) is 5.56 Å². The Morgan fingerprint density at radius 2 is 1.69 bits per heavy atom. The fraction of sp³-hybridized carbons (Fsp3) is 0.107. The largest absolute Gasteiger partial charge is 0.497 e. The van der Waals surface area contributed by atoms with E-state index < -0.39 is 11.9 Å². The Hall–Kier alpha value is -4.65. The molecule has 1 aliphatic rings. The van der Waals surface area contributed by atoms with Crippen molar-refractivity contribution in [3.63, 3.8) is 0 Å². The molecule has 5 aromatic rings. The molecule has 7 nitrogen and oxygen atoms in total. The van der Waals surface area contributed by atoms with Crippen molar-refractivity contribution in [1.29, 1.82) is 0 Å². The number of ether oxygens (including phenoxy) is 2. The van der Waals surface area contributed by atoms with Crippen LogP contribution < -0.4 is 20.3 Å². The van der Waals surface area contributed by atoms with E-state index >= 15 is 0 Å². The summed E-state index contributed by atoms with van der Waals surface area (Å²) in [5, 5.41) is 0.662. The minimum Gasteiger partial charge on any atom is -0.497 e. The highest BCUT2D eigenvalue weighted by atomic mass is 16.5. The van der Waals surface area contributed by atoms with Gasteiger partial charge in [0.15, 0.2) is 5.43 Å². The van der Waals surface area contributed by atoms with Crippen LogP contribution in [-0.4, -0.2) is 13.1 Å². The second-order valence-electron chi connectivity index (χ2n) is 8.31. The number of benzene rings is 3. The van der Waals surface area contributed by atoms with Gasteiger partial charge in [-0.1, -0.05) is 30.3 Å². The molecule has 0 aliphatic carbocycles. The summed E-state index contributed by atoms with van der Waals surface area (Å²) in [6.45, 7) is 0. The maximum Gasteiger partial charge on any atom is 0.312 e. The van der Waals surface area contributed by atoms with E-state index in [9.17, 15) is 14.4 Å². The molecule has 0 saturated heterocycles. The van der Waals surface area contributed by atoms with Crippen LogP contribution in [0.3, 0.4) is 0 Å². The van der Waals surface area contributed by atoms with Gasteiger partial charge in [-0.05, 0) is 35.9 Å². The second kappa shape index (κ2) is 7.99. The molecule has 1 aliphatic heterocycles. The lowest BCUT2D eigenvalue weighted by atomic mass is 9.85. The third kappa shape index (κ3) is 3.32. The van der Waals surface area contributed by atoms with Gasteiger partial charge in [0.1, 0.15) is 28.9 Å². The van der Waals surface area contributed by atoms with Crippen LogP contribution in [0, 0.1) is 0 Å². The zero-order chi connectivity index (χ0) is 24.1. The molecule has 0 saturated carbocycles. The zero-order valence-corrected chi connectivity index (χ0v) is 18.6. The van der Waals surface area contributed by atoms with Crippen molar-refractivity contribution < 1.29 is 23.1 Å². The second-order valence-corrected chi connectivity index (χ2v) is 8.31. The Labute approximate surface area is 198 Å². The van der Waals surface area contributed by atoms with Crippen LogP contribution in [-0.2, 0) is 4.79 Å². The predicted molar refractivity (Wildman–Crippen MR) is 129 cm³/mol. The highest BCUT2D eigenvalue weighted by molar-refractivity contribution is 5.90. The smallest absolute Gasteiger partial charge is 0.312 e. The van der Waals surface area contributed by atoms with Gasteiger partial charge in [0.2, 0.25) is 5.43 Å². The maximum absolute atomic E-state index is 13.5. The topological polar surface area (TPSA) is 96.0 Å². The van der Waals surface area contributed by atoms with E-state index in [4.69, 9.17) is 18.3 Å². The standard InChI is InChI=1S/C28H18O7/c1-32-16-7-9-22-19(11-16)27(31)21(14-33-22)18-12-24(29)35-23-10-8-17-26(30)20(13-34-28(17)25(18)23)15-5-3-2-4-6-15/h2-11,13-14,18H,12H2,1H3. The van der Waals surface area contributed by atoms with Gasteiger partial charge in [-0.25, -0.2) is 0 Å². The summed E-state index contributed by atoms with van der Waals surface area (Å²) in [4.78, 5) is 39.3. The van der Waals surface area contributed by atoms with Crippen molar-refractivity contribution in [1.82, 2.24) is 0 Å². The first-order valence-electron chi connectivity index (χ1n) is 11.0. The summed E-state index contributed by atoms with van der Waals surface area (Å²) in [5.74, 6) is -0.447. The van der Waals surface area contributed by atoms with Gasteiger partial charge < -0.3 is 18.3 Å². The monoisotopic (exact) mass is 466 g/mol. The highest BCUT2D eigenvalue weighted by Gasteiger charge is 2.34. The van der Waals surface area contributed by atoms with Crippen LogP contribution >= 0.6 is 0 Å². The van der Waals surface area contributed by atoms with Crippen molar-refractivity contribution in [2.75, 3.05) is 7.11 Å². The molecule has 3 heterocycles. The number of esters is 1. The molecule has 172 valence electrons. The van der Waals surface area contributed by atoms with Crippen molar-refractivity contribution in [2.24, 2.45) is 0 Å². The number of methoxy groups -OCH3 is 1. The summed E-state index contributed by atoms with van der Waals surface area (Å²) in [7, 11) is 1.51. The third-order valence-electron chi connectivity index (χ3n) is 6.35. The molecular formula is C28H18O7. The fourth-order valence-electron chi connectivity index (χ4n) is 4.63. The molecular weight excluding hydrogens is 448 g/mol. The van der Waals surface area contributed by atoms with Crippen LogP contribution in [0.15, 0.2) is 91.6 Å². The summed E-state index contributed by atoms with van der Waals surface area (Å²) in [6, 6.07) is 17.3. The summed E-state index contributed by atoms with van der Waals surface area (Å²) in [5.41, 5.74) is 2.04. The maximum atomic E-state index is 13.5. The molecule has 0 amide bonds. The Kier molecular flexibility index (Phi) is 4.77. The number of hydrogen-bond acceptors (Lipinski definition) is 7. The van der Waals surface area contributed by atoms with Gasteiger partial charge >= 0.3 is 5.97 Å².